The van der Waals surface area contributed by atoms with Crippen molar-refractivity contribution in [3.63, 3.8) is 0 Å². The van der Waals surface area contributed by atoms with Crippen LogP contribution in [0.3, 0.4) is 0 Å². The highest BCUT2D eigenvalue weighted by atomic mass is 16.4. The molecule has 24 nitrogen and oxygen atoms in total. The fourth-order valence-corrected chi connectivity index (χ4v) is 4.26. The Morgan fingerprint density at radius 1 is 0.288 bits per heavy atom. The van der Waals surface area contributed by atoms with E-state index in [9.17, 15) is 28.8 Å². The average molecular weight is 913 g/mol. The molecule has 1 fully saturated rings. The zero-order valence-corrected chi connectivity index (χ0v) is 34.6. The SMILES string of the molecule is NC(=O)c1cccnc1.NC(=O)c1cccnc1.NC(=O)c1cccnc1.NC(=O)c1cccnc1.NC(=O)c1cccnc1.NC(=O)c1cccnc1.OC1C(O)C(O)C(O)C(O)C1O. The number of aliphatic hydroxyl groups is 6. The maximum atomic E-state index is 10.4. The summed E-state index contributed by atoms with van der Waals surface area (Å²) in [6.07, 6.45) is 8.29. The summed E-state index contributed by atoms with van der Waals surface area (Å²) in [4.78, 5) is 84.5. The molecule has 24 heteroatoms. The Bertz CT molecular complexity index is 1910. The summed E-state index contributed by atoms with van der Waals surface area (Å²) < 4.78 is 0. The second kappa shape index (κ2) is 30.5. The van der Waals surface area contributed by atoms with Crippen molar-refractivity contribution < 1.29 is 59.4 Å². The first-order valence-electron chi connectivity index (χ1n) is 18.6. The quantitative estimate of drug-likeness (QED) is 0.0806. The van der Waals surface area contributed by atoms with Crippen LogP contribution in [-0.2, 0) is 0 Å². The van der Waals surface area contributed by atoms with Crippen molar-refractivity contribution >= 4 is 35.4 Å². The lowest BCUT2D eigenvalue weighted by molar-refractivity contribution is -0.223. The van der Waals surface area contributed by atoms with Gasteiger partial charge in [0.25, 0.3) is 0 Å². The normalized spacial score (nSPS) is 17.4. The number of rotatable bonds is 6. The van der Waals surface area contributed by atoms with E-state index in [0.29, 0.717) is 33.4 Å². The first-order chi connectivity index (χ1) is 31.3. The van der Waals surface area contributed by atoms with E-state index in [1.807, 2.05) is 0 Å². The van der Waals surface area contributed by atoms with E-state index in [1.54, 1.807) is 110 Å². The molecule has 0 aromatic carbocycles. The van der Waals surface area contributed by atoms with Gasteiger partial charge in [-0.05, 0) is 72.8 Å². The number of nitrogens with zero attached hydrogens (tertiary/aromatic N) is 6. The number of carbonyl (C=O) groups excluding carboxylic acids is 6. The molecule has 6 aromatic rings. The first-order valence-corrected chi connectivity index (χ1v) is 18.6. The number of hydrogen-bond acceptors (Lipinski definition) is 18. The number of aliphatic hydroxyl groups excluding tert-OH is 6. The summed E-state index contributed by atoms with van der Waals surface area (Å²) in [6, 6.07) is 19.7. The minimum Gasteiger partial charge on any atom is -0.387 e. The molecule has 0 aliphatic heterocycles. The van der Waals surface area contributed by atoms with Crippen molar-refractivity contribution in [2.24, 2.45) is 34.4 Å². The van der Waals surface area contributed by atoms with Crippen LogP contribution in [-0.4, -0.2) is 133 Å². The summed E-state index contributed by atoms with van der Waals surface area (Å²) >= 11 is 0. The van der Waals surface area contributed by atoms with Crippen LogP contribution >= 0.6 is 0 Å². The van der Waals surface area contributed by atoms with Crippen LogP contribution < -0.4 is 34.4 Å². The van der Waals surface area contributed by atoms with Crippen LogP contribution in [0, 0.1) is 0 Å². The average Bonchev–Trinajstić information content (AvgIpc) is 3.35. The third kappa shape index (κ3) is 21.5. The Kier molecular flexibility index (Phi) is 25.7. The molecular weight excluding hydrogens is 865 g/mol. The van der Waals surface area contributed by atoms with Crippen LogP contribution in [0.5, 0.6) is 0 Å². The molecule has 0 bridgehead atoms. The van der Waals surface area contributed by atoms with E-state index < -0.39 is 72.1 Å². The first kappa shape index (κ1) is 55.5. The number of amides is 6. The standard InChI is InChI=1S/6C6H6N2O.C6H12O6/c6*7-6(9)5-2-1-3-8-4-5;7-1-2(8)4(10)6(12)5(11)3(1)9/h6*1-4H,(H2,7,9);1-12H. The molecular formula is C42H48N12O12. The molecule has 1 saturated carbocycles. The van der Waals surface area contributed by atoms with E-state index in [4.69, 9.17) is 65.0 Å². The smallest absolute Gasteiger partial charge is 0.250 e. The lowest BCUT2D eigenvalue weighted by Gasteiger charge is -2.39. The molecule has 1 aliphatic rings. The summed E-state index contributed by atoms with van der Waals surface area (Å²) in [6.45, 7) is 0. The molecule has 348 valence electrons. The Balaban J connectivity index is 0.000000386. The molecule has 18 N–H and O–H groups in total. The predicted molar refractivity (Wildman–Crippen MR) is 233 cm³/mol. The van der Waals surface area contributed by atoms with Gasteiger partial charge in [-0.25, -0.2) is 0 Å². The van der Waals surface area contributed by atoms with Gasteiger partial charge in [-0.1, -0.05) is 0 Å². The summed E-state index contributed by atoms with van der Waals surface area (Å²) in [5.41, 5.74) is 32.3. The number of nitrogens with two attached hydrogens (primary N) is 6. The minimum atomic E-state index is -1.64. The highest BCUT2D eigenvalue weighted by Crippen LogP contribution is 2.21. The molecule has 7 rings (SSSR count). The predicted octanol–water partition coefficient (Wildman–Crippen LogP) is -2.75. The number of carbonyl (C=O) groups is 6. The second-order valence-corrected chi connectivity index (χ2v) is 12.6. The zero-order chi connectivity index (χ0) is 49.6. The topological polar surface area (TPSA) is 457 Å². The summed E-state index contributed by atoms with van der Waals surface area (Å²) in [7, 11) is 0. The van der Waals surface area contributed by atoms with Gasteiger partial charge in [0.1, 0.15) is 36.6 Å². The van der Waals surface area contributed by atoms with Crippen molar-refractivity contribution in [2.45, 2.75) is 36.6 Å². The fourth-order valence-electron chi connectivity index (χ4n) is 4.26. The Morgan fingerprint density at radius 2 is 0.409 bits per heavy atom. The van der Waals surface area contributed by atoms with Crippen molar-refractivity contribution in [1.29, 1.82) is 0 Å². The molecule has 0 saturated heterocycles. The fraction of sp³-hybridized carbons (Fsp3) is 0.143. The molecule has 6 aromatic heterocycles. The van der Waals surface area contributed by atoms with Gasteiger partial charge in [-0.2, -0.15) is 0 Å². The Morgan fingerprint density at radius 3 is 0.470 bits per heavy atom. The van der Waals surface area contributed by atoms with Gasteiger partial charge in [0.2, 0.25) is 35.4 Å². The van der Waals surface area contributed by atoms with Crippen LogP contribution in [0.2, 0.25) is 0 Å². The van der Waals surface area contributed by atoms with Gasteiger partial charge < -0.3 is 65.0 Å². The third-order valence-corrected chi connectivity index (χ3v) is 7.78. The molecule has 0 spiro atoms. The second-order valence-electron chi connectivity index (χ2n) is 12.6. The molecule has 1 aliphatic carbocycles. The third-order valence-electron chi connectivity index (χ3n) is 7.78. The molecule has 66 heavy (non-hydrogen) atoms. The monoisotopic (exact) mass is 912 g/mol. The maximum Gasteiger partial charge on any atom is 0.250 e. The molecule has 0 radical (unpaired) electrons. The van der Waals surface area contributed by atoms with Crippen LogP contribution in [0.4, 0.5) is 0 Å². The van der Waals surface area contributed by atoms with Crippen molar-refractivity contribution in [3.8, 4) is 0 Å². The number of primary amides is 6. The molecule has 0 unspecified atom stereocenters. The van der Waals surface area contributed by atoms with E-state index in [2.05, 4.69) is 29.9 Å². The van der Waals surface area contributed by atoms with Crippen LogP contribution in [0.15, 0.2) is 147 Å². The molecule has 6 amide bonds. The highest BCUT2D eigenvalue weighted by molar-refractivity contribution is 5.94. The largest absolute Gasteiger partial charge is 0.387 e. The zero-order valence-electron chi connectivity index (χ0n) is 34.6. The lowest BCUT2D eigenvalue weighted by Crippen LogP contribution is -2.63. The minimum absolute atomic E-state index is 0.442. The van der Waals surface area contributed by atoms with Gasteiger partial charge in [0, 0.05) is 74.4 Å². The number of aromatic nitrogens is 6. The maximum absolute atomic E-state index is 10.4. The Hall–Kier alpha value is -8.52. The van der Waals surface area contributed by atoms with Crippen molar-refractivity contribution in [2.75, 3.05) is 0 Å². The molecule has 6 heterocycles. The molecule has 0 atom stereocenters. The van der Waals surface area contributed by atoms with Gasteiger partial charge in [0.05, 0.1) is 33.4 Å². The van der Waals surface area contributed by atoms with Gasteiger partial charge >= 0.3 is 0 Å². The van der Waals surface area contributed by atoms with Crippen molar-refractivity contribution in [3.05, 3.63) is 181 Å². The highest BCUT2D eigenvalue weighted by Gasteiger charge is 2.47. The van der Waals surface area contributed by atoms with E-state index in [1.165, 1.54) is 37.2 Å². The summed E-state index contributed by atoms with van der Waals surface area (Å²) in [5, 5.41) is 53.8. The van der Waals surface area contributed by atoms with E-state index in [0.717, 1.165) is 0 Å². The number of pyridine rings is 6. The van der Waals surface area contributed by atoms with Crippen molar-refractivity contribution in [1.82, 2.24) is 29.9 Å². The van der Waals surface area contributed by atoms with E-state index >= 15 is 0 Å². The van der Waals surface area contributed by atoms with Crippen LogP contribution in [0.1, 0.15) is 62.1 Å². The van der Waals surface area contributed by atoms with E-state index in [-0.39, 0.29) is 0 Å². The summed E-state index contributed by atoms with van der Waals surface area (Å²) in [5.74, 6) is -2.65. The number of hydrogen-bond donors (Lipinski definition) is 12. The lowest BCUT2D eigenvalue weighted by atomic mass is 9.85. The Labute approximate surface area is 375 Å². The van der Waals surface area contributed by atoms with Crippen LogP contribution in [0.25, 0.3) is 0 Å². The van der Waals surface area contributed by atoms with Gasteiger partial charge in [0.15, 0.2) is 0 Å². The van der Waals surface area contributed by atoms with Gasteiger partial charge in [-0.15, -0.1) is 0 Å². The van der Waals surface area contributed by atoms with Gasteiger partial charge in [-0.3, -0.25) is 58.7 Å².